The van der Waals surface area contributed by atoms with Crippen LogP contribution in [0.15, 0.2) is 78.3 Å². The van der Waals surface area contributed by atoms with Crippen LogP contribution in [0.2, 0.25) is 0 Å². The number of aliphatic hydroxyl groups excluding tert-OH is 1. The summed E-state index contributed by atoms with van der Waals surface area (Å²) in [6, 6.07) is 19.8. The molecular formula is C40H51N5O6S. The number of fused-ring (bicyclic) bond motifs is 1. The van der Waals surface area contributed by atoms with Crippen molar-refractivity contribution in [3.63, 3.8) is 0 Å². The monoisotopic (exact) mass is 729 g/mol. The molecule has 5 N–H and O–H groups in total. The molecule has 0 aliphatic rings. The Balaban J connectivity index is 1.58. The Hall–Kier alpha value is -4.81. The number of nitrogens with one attached hydrogen (secondary N) is 4. The molecule has 1 heterocycles. The van der Waals surface area contributed by atoms with Gasteiger partial charge in [-0.2, -0.15) is 0 Å². The molecule has 0 radical (unpaired) electrons. The van der Waals surface area contributed by atoms with Gasteiger partial charge in [-0.1, -0.05) is 93.6 Å². The lowest BCUT2D eigenvalue weighted by Crippen LogP contribution is -2.57. The van der Waals surface area contributed by atoms with Gasteiger partial charge >= 0.3 is 6.09 Å². The molecule has 0 aliphatic heterocycles. The highest BCUT2D eigenvalue weighted by Gasteiger charge is 2.32. The second-order valence-corrected chi connectivity index (χ2v) is 14.6. The van der Waals surface area contributed by atoms with E-state index in [0.29, 0.717) is 6.42 Å². The van der Waals surface area contributed by atoms with Crippen molar-refractivity contribution in [3.8, 4) is 0 Å². The number of benzene rings is 3. The topological polar surface area (TPSA) is 159 Å². The number of hydrogen-bond donors (Lipinski definition) is 5. The van der Waals surface area contributed by atoms with Gasteiger partial charge in [0.25, 0.3) is 0 Å². The van der Waals surface area contributed by atoms with E-state index in [-0.39, 0.29) is 43.7 Å². The van der Waals surface area contributed by atoms with Gasteiger partial charge in [0.05, 0.1) is 29.8 Å². The predicted molar refractivity (Wildman–Crippen MR) is 204 cm³/mol. The Morgan fingerprint density at radius 1 is 0.827 bits per heavy atom. The van der Waals surface area contributed by atoms with Crippen molar-refractivity contribution in [1.82, 2.24) is 26.3 Å². The SMILES string of the molecule is CCC(C)NC(=O)C[C@H](O)[C@H](CC(C)C)NC(=O)C(Cc1scnc1C)NC(=O)[C@H](Cc1cccc2ccccc12)NC(=O)OCc1ccccc1. The van der Waals surface area contributed by atoms with Crippen LogP contribution >= 0.6 is 11.3 Å². The number of aliphatic hydroxyl groups is 1. The van der Waals surface area contributed by atoms with Gasteiger partial charge in [-0.15, -0.1) is 11.3 Å². The highest BCUT2D eigenvalue weighted by Crippen LogP contribution is 2.21. The zero-order chi connectivity index (χ0) is 37.6. The van der Waals surface area contributed by atoms with Crippen LogP contribution in [-0.4, -0.2) is 64.2 Å². The molecule has 0 fully saturated rings. The third-order valence-corrected chi connectivity index (χ3v) is 9.88. The standard InChI is InChI=1S/C40H51N5O6S/c1-6-26(4)42-37(47)22-35(46)32(19-25(2)3)43-39(49)34(21-36-27(5)41-24-52-36)44-38(48)33(45-40(50)51-23-28-13-8-7-9-14-28)20-30-17-12-16-29-15-10-11-18-31(29)30/h7-18,24-26,32-35,46H,6,19-23H2,1-5H3,(H,42,47)(H,43,49)(H,44,48)(H,45,50)/t26?,32-,33-,34?,35-/m0/s1. The van der Waals surface area contributed by atoms with Crippen molar-refractivity contribution in [2.75, 3.05) is 0 Å². The maximum Gasteiger partial charge on any atom is 0.408 e. The number of carbonyl (C=O) groups is 4. The molecule has 3 aromatic carbocycles. The van der Waals surface area contributed by atoms with Crippen LogP contribution in [0.25, 0.3) is 10.8 Å². The van der Waals surface area contributed by atoms with E-state index in [1.54, 1.807) is 5.51 Å². The first-order valence-electron chi connectivity index (χ1n) is 17.8. The molecule has 278 valence electrons. The Morgan fingerprint density at radius 3 is 2.19 bits per heavy atom. The number of nitrogens with zero attached hydrogens (tertiary/aromatic N) is 1. The molecule has 12 heteroatoms. The van der Waals surface area contributed by atoms with Gasteiger partial charge in [0, 0.05) is 23.8 Å². The Bertz CT molecular complexity index is 1780. The molecule has 0 bridgehead atoms. The Kier molecular flexibility index (Phi) is 15.1. The lowest BCUT2D eigenvalue weighted by molar-refractivity contribution is -0.131. The van der Waals surface area contributed by atoms with Gasteiger partial charge in [0.1, 0.15) is 18.7 Å². The van der Waals surface area contributed by atoms with Gasteiger partial charge < -0.3 is 31.1 Å². The molecule has 1 aromatic heterocycles. The molecule has 52 heavy (non-hydrogen) atoms. The lowest BCUT2D eigenvalue weighted by Gasteiger charge is -2.29. The summed E-state index contributed by atoms with van der Waals surface area (Å²) in [5.41, 5.74) is 4.03. The van der Waals surface area contributed by atoms with Crippen LogP contribution in [0.3, 0.4) is 0 Å². The first-order chi connectivity index (χ1) is 24.9. The lowest BCUT2D eigenvalue weighted by atomic mass is 9.96. The largest absolute Gasteiger partial charge is 0.445 e. The first-order valence-corrected chi connectivity index (χ1v) is 18.7. The van der Waals surface area contributed by atoms with Crippen LogP contribution in [0.1, 0.15) is 68.7 Å². The number of rotatable bonds is 18. The number of ether oxygens (including phenoxy) is 1. The molecule has 0 saturated heterocycles. The molecule has 0 spiro atoms. The molecule has 5 atom stereocenters. The number of hydrogen-bond acceptors (Lipinski definition) is 8. The summed E-state index contributed by atoms with van der Waals surface area (Å²) in [7, 11) is 0. The summed E-state index contributed by atoms with van der Waals surface area (Å²) < 4.78 is 5.49. The quantitative estimate of drug-likeness (QED) is 0.0922. The minimum Gasteiger partial charge on any atom is -0.445 e. The van der Waals surface area contributed by atoms with Crippen LogP contribution in [0, 0.1) is 12.8 Å². The normalized spacial score (nSPS) is 14.1. The van der Waals surface area contributed by atoms with Gasteiger partial charge in [-0.25, -0.2) is 9.78 Å². The minimum atomic E-state index is -1.16. The van der Waals surface area contributed by atoms with Gasteiger partial charge in [-0.3, -0.25) is 14.4 Å². The third-order valence-electron chi connectivity index (χ3n) is 8.92. The number of alkyl carbamates (subject to hydrolysis) is 1. The number of aryl methyl sites for hydroxylation is 1. The summed E-state index contributed by atoms with van der Waals surface area (Å²) in [6.45, 7) is 9.62. The molecule has 2 unspecified atom stereocenters. The second-order valence-electron chi connectivity index (χ2n) is 13.6. The summed E-state index contributed by atoms with van der Waals surface area (Å²) in [5, 5.41) is 24.5. The summed E-state index contributed by atoms with van der Waals surface area (Å²) in [4.78, 5) is 59.2. The summed E-state index contributed by atoms with van der Waals surface area (Å²) >= 11 is 1.37. The number of thiazole rings is 1. The second kappa shape index (κ2) is 19.7. The van der Waals surface area contributed by atoms with Crippen molar-refractivity contribution < 1.29 is 29.0 Å². The Morgan fingerprint density at radius 2 is 1.50 bits per heavy atom. The number of aromatic nitrogens is 1. The van der Waals surface area contributed by atoms with Gasteiger partial charge in [0.15, 0.2) is 0 Å². The molecule has 0 saturated carbocycles. The van der Waals surface area contributed by atoms with Crippen LogP contribution in [0.4, 0.5) is 4.79 Å². The molecule has 4 amide bonds. The van der Waals surface area contributed by atoms with Gasteiger partial charge in [-0.05, 0) is 54.5 Å². The molecule has 0 aliphatic carbocycles. The van der Waals surface area contributed by atoms with Crippen LogP contribution < -0.4 is 21.3 Å². The fourth-order valence-electron chi connectivity index (χ4n) is 5.87. The summed E-state index contributed by atoms with van der Waals surface area (Å²) in [6.07, 6.45) is -0.713. The van der Waals surface area contributed by atoms with Crippen molar-refractivity contribution in [2.45, 2.75) is 104 Å². The van der Waals surface area contributed by atoms with Crippen molar-refractivity contribution >= 4 is 45.9 Å². The fraction of sp³-hybridized carbons (Fsp3) is 0.425. The average molecular weight is 730 g/mol. The Labute approximate surface area is 310 Å². The molecular weight excluding hydrogens is 679 g/mol. The fourth-order valence-corrected chi connectivity index (χ4v) is 6.69. The molecule has 4 aromatic rings. The maximum atomic E-state index is 14.2. The highest BCUT2D eigenvalue weighted by atomic mass is 32.1. The zero-order valence-corrected chi connectivity index (χ0v) is 31.4. The van der Waals surface area contributed by atoms with Gasteiger partial charge in [0.2, 0.25) is 17.7 Å². The van der Waals surface area contributed by atoms with Crippen molar-refractivity contribution in [3.05, 3.63) is 100 Å². The van der Waals surface area contributed by atoms with E-state index < -0.39 is 42.1 Å². The van der Waals surface area contributed by atoms with E-state index in [0.717, 1.165) is 38.9 Å². The van der Waals surface area contributed by atoms with Crippen LogP contribution in [-0.2, 0) is 38.6 Å². The van der Waals surface area contributed by atoms with E-state index in [2.05, 4.69) is 26.3 Å². The predicted octanol–water partition coefficient (Wildman–Crippen LogP) is 5.37. The molecule has 4 rings (SSSR count). The number of carbonyl (C=O) groups excluding carboxylic acids is 4. The highest BCUT2D eigenvalue weighted by molar-refractivity contribution is 7.09. The van der Waals surface area contributed by atoms with E-state index in [4.69, 9.17) is 4.74 Å². The zero-order valence-electron chi connectivity index (χ0n) is 30.6. The summed E-state index contributed by atoms with van der Waals surface area (Å²) in [5.74, 6) is -1.33. The number of amides is 4. The third kappa shape index (κ3) is 12.2. The van der Waals surface area contributed by atoms with E-state index in [1.807, 2.05) is 107 Å². The minimum absolute atomic E-state index is 0.0138. The van der Waals surface area contributed by atoms with E-state index >= 15 is 0 Å². The first kappa shape index (κ1) is 40.0. The smallest absolute Gasteiger partial charge is 0.408 e. The molecule has 11 nitrogen and oxygen atoms in total. The average Bonchev–Trinajstić information content (AvgIpc) is 3.53. The van der Waals surface area contributed by atoms with E-state index in [9.17, 15) is 24.3 Å². The van der Waals surface area contributed by atoms with Crippen molar-refractivity contribution in [1.29, 1.82) is 0 Å². The van der Waals surface area contributed by atoms with E-state index in [1.165, 1.54) is 11.3 Å². The van der Waals surface area contributed by atoms with Crippen molar-refractivity contribution in [2.24, 2.45) is 5.92 Å². The maximum absolute atomic E-state index is 14.2. The van der Waals surface area contributed by atoms with Crippen LogP contribution in [0.5, 0.6) is 0 Å².